The molecule has 1 N–H and O–H groups in total. The molecule has 0 bridgehead atoms. The van der Waals surface area contributed by atoms with E-state index in [1.165, 1.54) is 46.6 Å². The molecule has 0 aromatic heterocycles. The van der Waals surface area contributed by atoms with E-state index in [1.54, 1.807) is 0 Å². The van der Waals surface area contributed by atoms with Gasteiger partial charge in [0.05, 0.1) is 0 Å². The summed E-state index contributed by atoms with van der Waals surface area (Å²) in [7, 11) is 0. The van der Waals surface area contributed by atoms with E-state index >= 15 is 0 Å². The summed E-state index contributed by atoms with van der Waals surface area (Å²) in [6.07, 6.45) is 2.70. The molecule has 1 aromatic rings. The topological polar surface area (TPSA) is 15.3 Å². The van der Waals surface area contributed by atoms with Crippen LogP contribution in [-0.2, 0) is 6.54 Å². The standard InChI is InChI=1S/C15H21BrN2S/c1-11-10-19-7-6-18(11)15-8-13(16)3-2-12(15)9-17-14-4-5-14/h2-3,8,11,14,17H,4-7,9-10H2,1H3. The Labute approximate surface area is 128 Å². The fourth-order valence-corrected chi connectivity index (χ4v) is 3.94. The average molecular weight is 341 g/mol. The van der Waals surface area contributed by atoms with Crippen molar-refractivity contribution < 1.29 is 0 Å². The molecule has 2 nitrogen and oxygen atoms in total. The van der Waals surface area contributed by atoms with Gasteiger partial charge in [0.1, 0.15) is 0 Å². The molecule has 1 aliphatic carbocycles. The predicted molar refractivity (Wildman–Crippen MR) is 88.1 cm³/mol. The monoisotopic (exact) mass is 340 g/mol. The molecule has 4 heteroatoms. The van der Waals surface area contributed by atoms with Gasteiger partial charge in [-0.2, -0.15) is 11.8 Å². The molecule has 1 heterocycles. The van der Waals surface area contributed by atoms with Crippen molar-refractivity contribution in [2.24, 2.45) is 0 Å². The number of halogens is 1. The Morgan fingerprint density at radius 1 is 1.42 bits per heavy atom. The van der Waals surface area contributed by atoms with Gasteiger partial charge in [0.25, 0.3) is 0 Å². The van der Waals surface area contributed by atoms with Crippen molar-refractivity contribution in [3.8, 4) is 0 Å². The van der Waals surface area contributed by atoms with Gasteiger partial charge in [-0.3, -0.25) is 0 Å². The molecule has 0 spiro atoms. The first-order valence-corrected chi connectivity index (χ1v) is 9.05. The van der Waals surface area contributed by atoms with Crippen LogP contribution >= 0.6 is 27.7 Å². The van der Waals surface area contributed by atoms with Crippen LogP contribution in [0.3, 0.4) is 0 Å². The van der Waals surface area contributed by atoms with Gasteiger partial charge in [-0.15, -0.1) is 0 Å². The van der Waals surface area contributed by atoms with E-state index in [0.717, 1.165) is 12.6 Å². The largest absolute Gasteiger partial charge is 0.367 e. The lowest BCUT2D eigenvalue weighted by Crippen LogP contribution is -2.41. The van der Waals surface area contributed by atoms with Gasteiger partial charge in [0, 0.05) is 46.8 Å². The highest BCUT2D eigenvalue weighted by molar-refractivity contribution is 9.10. The van der Waals surface area contributed by atoms with E-state index in [9.17, 15) is 0 Å². The van der Waals surface area contributed by atoms with Gasteiger partial charge in [-0.25, -0.2) is 0 Å². The molecule has 2 fully saturated rings. The first-order chi connectivity index (χ1) is 9.24. The normalized spacial score (nSPS) is 23.7. The van der Waals surface area contributed by atoms with Crippen LogP contribution in [0.1, 0.15) is 25.3 Å². The summed E-state index contributed by atoms with van der Waals surface area (Å²) in [5.74, 6) is 2.48. The van der Waals surface area contributed by atoms with Gasteiger partial charge >= 0.3 is 0 Å². The van der Waals surface area contributed by atoms with Crippen molar-refractivity contribution >= 4 is 33.4 Å². The molecular formula is C15H21BrN2S. The number of hydrogen-bond donors (Lipinski definition) is 1. The molecule has 104 valence electrons. The molecule has 19 heavy (non-hydrogen) atoms. The third-order valence-corrected chi connectivity index (χ3v) is 5.57. The second-order valence-corrected chi connectivity index (χ2v) is 7.61. The van der Waals surface area contributed by atoms with Gasteiger partial charge in [-0.1, -0.05) is 22.0 Å². The summed E-state index contributed by atoms with van der Waals surface area (Å²) in [6, 6.07) is 8.12. The van der Waals surface area contributed by atoms with E-state index in [1.807, 2.05) is 0 Å². The number of benzene rings is 1. The minimum atomic E-state index is 0.632. The quantitative estimate of drug-likeness (QED) is 0.900. The molecule has 1 aromatic carbocycles. The third kappa shape index (κ3) is 3.47. The summed E-state index contributed by atoms with van der Waals surface area (Å²) in [5.41, 5.74) is 2.85. The Kier molecular flexibility index (Phi) is 4.40. The van der Waals surface area contributed by atoms with Crippen LogP contribution in [0.15, 0.2) is 22.7 Å². The number of nitrogens with zero attached hydrogens (tertiary/aromatic N) is 1. The van der Waals surface area contributed by atoms with Crippen LogP contribution in [-0.4, -0.2) is 30.1 Å². The summed E-state index contributed by atoms with van der Waals surface area (Å²) >= 11 is 5.69. The van der Waals surface area contributed by atoms with Crippen LogP contribution in [0.5, 0.6) is 0 Å². The van der Waals surface area contributed by atoms with Gasteiger partial charge in [-0.05, 0) is 37.5 Å². The van der Waals surface area contributed by atoms with Gasteiger partial charge in [0.2, 0.25) is 0 Å². The zero-order chi connectivity index (χ0) is 13.2. The Bertz CT molecular complexity index is 448. The minimum absolute atomic E-state index is 0.632. The van der Waals surface area contributed by atoms with Crippen LogP contribution in [0.4, 0.5) is 5.69 Å². The SMILES string of the molecule is CC1CSCCN1c1cc(Br)ccc1CNC1CC1. The third-order valence-electron chi connectivity index (χ3n) is 3.88. The Balaban J connectivity index is 1.81. The fraction of sp³-hybridized carbons (Fsp3) is 0.600. The maximum atomic E-state index is 3.64. The van der Waals surface area contributed by atoms with Crippen LogP contribution in [0.2, 0.25) is 0 Å². The number of thioether (sulfide) groups is 1. The smallest absolute Gasteiger partial charge is 0.0426 e. The molecule has 2 aliphatic rings. The van der Waals surface area contributed by atoms with Crippen LogP contribution in [0, 0.1) is 0 Å². The molecule has 1 aliphatic heterocycles. The first-order valence-electron chi connectivity index (χ1n) is 7.10. The second kappa shape index (κ2) is 6.06. The highest BCUT2D eigenvalue weighted by atomic mass is 79.9. The number of anilines is 1. The number of hydrogen-bond acceptors (Lipinski definition) is 3. The molecular weight excluding hydrogens is 320 g/mol. The lowest BCUT2D eigenvalue weighted by atomic mass is 10.1. The van der Waals surface area contributed by atoms with E-state index in [2.05, 4.69) is 63.0 Å². The average Bonchev–Trinajstić information content (AvgIpc) is 3.22. The zero-order valence-electron chi connectivity index (χ0n) is 11.4. The lowest BCUT2D eigenvalue weighted by Gasteiger charge is -2.36. The van der Waals surface area contributed by atoms with Crippen molar-refractivity contribution in [2.75, 3.05) is 23.0 Å². The van der Waals surface area contributed by atoms with Gasteiger partial charge in [0.15, 0.2) is 0 Å². The molecule has 1 saturated heterocycles. The van der Waals surface area contributed by atoms with E-state index in [4.69, 9.17) is 0 Å². The number of rotatable bonds is 4. The molecule has 0 amide bonds. The van der Waals surface area contributed by atoms with Crippen molar-refractivity contribution in [3.05, 3.63) is 28.2 Å². The van der Waals surface area contributed by atoms with E-state index in [-0.39, 0.29) is 0 Å². The summed E-state index contributed by atoms with van der Waals surface area (Å²) in [6.45, 7) is 4.51. The Hall–Kier alpha value is -0.190. The Morgan fingerprint density at radius 2 is 2.26 bits per heavy atom. The van der Waals surface area contributed by atoms with Gasteiger partial charge < -0.3 is 10.2 Å². The maximum Gasteiger partial charge on any atom is 0.0426 e. The lowest BCUT2D eigenvalue weighted by molar-refractivity contribution is 0.666. The molecule has 1 unspecified atom stereocenters. The maximum absolute atomic E-state index is 3.64. The van der Waals surface area contributed by atoms with Crippen molar-refractivity contribution in [1.29, 1.82) is 0 Å². The summed E-state index contributed by atoms with van der Waals surface area (Å²) in [4.78, 5) is 2.57. The molecule has 1 saturated carbocycles. The van der Waals surface area contributed by atoms with Crippen molar-refractivity contribution in [3.63, 3.8) is 0 Å². The van der Waals surface area contributed by atoms with E-state index in [0.29, 0.717) is 6.04 Å². The molecule has 0 radical (unpaired) electrons. The van der Waals surface area contributed by atoms with Crippen LogP contribution in [0.25, 0.3) is 0 Å². The first kappa shape index (κ1) is 13.8. The van der Waals surface area contributed by atoms with E-state index < -0.39 is 0 Å². The summed E-state index contributed by atoms with van der Waals surface area (Å²) in [5, 5.41) is 3.64. The number of nitrogens with one attached hydrogen (secondary N) is 1. The van der Waals surface area contributed by atoms with Crippen LogP contribution < -0.4 is 10.2 Å². The summed E-state index contributed by atoms with van der Waals surface area (Å²) < 4.78 is 1.18. The molecule has 3 rings (SSSR count). The highest BCUT2D eigenvalue weighted by Gasteiger charge is 2.23. The van der Waals surface area contributed by atoms with Crippen molar-refractivity contribution in [1.82, 2.24) is 5.32 Å². The Morgan fingerprint density at radius 3 is 3.00 bits per heavy atom. The highest BCUT2D eigenvalue weighted by Crippen LogP contribution is 2.30. The molecule has 1 atom stereocenters. The zero-order valence-corrected chi connectivity index (χ0v) is 13.8. The fourth-order valence-electron chi connectivity index (χ4n) is 2.58. The minimum Gasteiger partial charge on any atom is -0.367 e. The second-order valence-electron chi connectivity index (χ2n) is 5.55. The predicted octanol–water partition coefficient (Wildman–Crippen LogP) is 3.64. The van der Waals surface area contributed by atoms with Crippen molar-refractivity contribution in [2.45, 2.75) is 38.4 Å².